The van der Waals surface area contributed by atoms with E-state index in [1.807, 2.05) is 40.7 Å². The highest BCUT2D eigenvalue weighted by atomic mass is 32.2. The lowest BCUT2D eigenvalue weighted by Gasteiger charge is -2.24. The topological polar surface area (TPSA) is 71.4 Å². The molecular weight excluding hydrogens is 354 g/mol. The van der Waals surface area contributed by atoms with Crippen molar-refractivity contribution in [3.05, 3.63) is 47.5 Å². The van der Waals surface area contributed by atoms with Crippen LogP contribution in [0.4, 0.5) is 0 Å². The van der Waals surface area contributed by atoms with Gasteiger partial charge in [-0.2, -0.15) is 0 Å². The number of thiocarbonyl (C=S) groups is 1. The van der Waals surface area contributed by atoms with Crippen molar-refractivity contribution in [2.24, 2.45) is 5.73 Å². The number of para-hydroxylation sites is 1. The van der Waals surface area contributed by atoms with Gasteiger partial charge in [0.1, 0.15) is 4.99 Å². The maximum absolute atomic E-state index is 12.6. The van der Waals surface area contributed by atoms with Crippen LogP contribution in [0.25, 0.3) is 21.8 Å². The van der Waals surface area contributed by atoms with Crippen molar-refractivity contribution in [3.8, 4) is 0 Å². The van der Waals surface area contributed by atoms with Gasteiger partial charge in [-0.1, -0.05) is 30.4 Å². The highest BCUT2D eigenvalue weighted by Crippen LogP contribution is 2.29. The summed E-state index contributed by atoms with van der Waals surface area (Å²) in [5, 5.41) is 2.15. The Morgan fingerprint density at radius 3 is 2.76 bits per heavy atom. The molecule has 1 aliphatic rings. The maximum atomic E-state index is 12.6. The zero-order valence-electron chi connectivity index (χ0n) is 13.5. The molecule has 0 atom stereocenters. The standard InChI is InChI=1S/C18H17N3O2S2/c19-17(24)14-3-1-2-13-12-5-4-11(10-15(12)20-16(13)14)18(22)25-21-6-8-23-9-7-21/h1-5,10,20H,6-9H2,(H2,19,24). The number of morpholine rings is 1. The van der Waals surface area contributed by atoms with Crippen LogP contribution in [-0.2, 0) is 4.74 Å². The average molecular weight is 371 g/mol. The summed E-state index contributed by atoms with van der Waals surface area (Å²) in [5.41, 5.74) is 9.14. The van der Waals surface area contributed by atoms with Crippen LogP contribution in [0.2, 0.25) is 0 Å². The molecule has 1 aromatic heterocycles. The van der Waals surface area contributed by atoms with E-state index in [0.717, 1.165) is 40.5 Å². The van der Waals surface area contributed by atoms with Crippen molar-refractivity contribution in [3.63, 3.8) is 0 Å². The van der Waals surface area contributed by atoms with Gasteiger partial charge >= 0.3 is 0 Å². The lowest BCUT2D eigenvalue weighted by Crippen LogP contribution is -2.32. The van der Waals surface area contributed by atoms with Gasteiger partial charge in [0.25, 0.3) is 0 Å². The number of hydrogen-bond acceptors (Lipinski definition) is 5. The zero-order chi connectivity index (χ0) is 17.4. The lowest BCUT2D eigenvalue weighted by molar-refractivity contribution is 0.0766. The molecule has 128 valence electrons. The van der Waals surface area contributed by atoms with Crippen molar-refractivity contribution in [2.75, 3.05) is 26.3 Å². The molecule has 0 unspecified atom stereocenters. The molecule has 0 bridgehead atoms. The number of fused-ring (bicyclic) bond motifs is 3. The third kappa shape index (κ3) is 3.16. The van der Waals surface area contributed by atoms with Crippen LogP contribution in [0.1, 0.15) is 15.9 Å². The van der Waals surface area contributed by atoms with Crippen LogP contribution < -0.4 is 5.73 Å². The molecule has 1 aliphatic heterocycles. The van der Waals surface area contributed by atoms with Gasteiger partial charge in [0.15, 0.2) is 0 Å². The molecule has 0 spiro atoms. The van der Waals surface area contributed by atoms with E-state index in [1.54, 1.807) is 0 Å². The van der Waals surface area contributed by atoms with Crippen LogP contribution in [0.5, 0.6) is 0 Å². The number of benzene rings is 2. The molecule has 0 amide bonds. The summed E-state index contributed by atoms with van der Waals surface area (Å²) in [5.74, 6) is 0. The van der Waals surface area contributed by atoms with Crippen LogP contribution in [-0.4, -0.2) is 45.7 Å². The van der Waals surface area contributed by atoms with E-state index in [-0.39, 0.29) is 5.12 Å². The Labute approximate surface area is 154 Å². The SMILES string of the molecule is NC(=S)c1cccc2c1[nH]c1cc(C(=O)SN3CCOCC3)ccc12. The second-order valence-corrected chi connectivity index (χ2v) is 7.41. The number of H-pyrrole nitrogens is 1. The smallest absolute Gasteiger partial charge is 0.234 e. The molecule has 3 N–H and O–H groups in total. The first kappa shape index (κ1) is 16.5. The fourth-order valence-electron chi connectivity index (χ4n) is 3.07. The number of hydrogen-bond donors (Lipinski definition) is 2. The summed E-state index contributed by atoms with van der Waals surface area (Å²) in [7, 11) is 0. The number of rotatable bonds is 3. The number of carbonyl (C=O) groups is 1. The van der Waals surface area contributed by atoms with E-state index in [2.05, 4.69) is 4.98 Å². The van der Waals surface area contributed by atoms with Gasteiger partial charge in [0.05, 0.1) is 18.7 Å². The summed E-state index contributed by atoms with van der Waals surface area (Å²) in [4.78, 5) is 16.3. The Kier molecular flexibility index (Phi) is 4.47. The van der Waals surface area contributed by atoms with Crippen molar-refractivity contribution in [1.29, 1.82) is 0 Å². The van der Waals surface area contributed by atoms with E-state index >= 15 is 0 Å². The third-order valence-corrected chi connectivity index (χ3v) is 5.56. The van der Waals surface area contributed by atoms with Crippen LogP contribution in [0, 0.1) is 0 Å². The number of aromatic nitrogens is 1. The monoisotopic (exact) mass is 371 g/mol. The van der Waals surface area contributed by atoms with E-state index in [0.29, 0.717) is 23.8 Å². The molecule has 0 aliphatic carbocycles. The number of nitrogens with one attached hydrogen (secondary N) is 1. The summed E-state index contributed by atoms with van der Waals surface area (Å²) < 4.78 is 7.36. The van der Waals surface area contributed by atoms with Gasteiger partial charge in [-0.25, -0.2) is 4.31 Å². The average Bonchev–Trinajstić information content (AvgIpc) is 3.00. The second kappa shape index (κ2) is 6.76. The Morgan fingerprint density at radius 1 is 1.20 bits per heavy atom. The number of carbonyl (C=O) groups excluding carboxylic acids is 1. The molecule has 3 aromatic rings. The Balaban J connectivity index is 1.70. The zero-order valence-corrected chi connectivity index (χ0v) is 15.1. The van der Waals surface area contributed by atoms with Gasteiger partial charge < -0.3 is 15.5 Å². The Bertz CT molecular complexity index is 977. The number of nitrogens with zero attached hydrogens (tertiary/aromatic N) is 1. The molecule has 1 saturated heterocycles. The summed E-state index contributed by atoms with van der Waals surface area (Å²) >= 11 is 6.39. The summed E-state index contributed by atoms with van der Waals surface area (Å²) in [6, 6.07) is 11.6. The Morgan fingerprint density at radius 2 is 2.00 bits per heavy atom. The van der Waals surface area contributed by atoms with Gasteiger partial charge in [-0.3, -0.25) is 4.79 Å². The minimum absolute atomic E-state index is 0.0389. The van der Waals surface area contributed by atoms with E-state index < -0.39 is 0 Å². The lowest BCUT2D eigenvalue weighted by atomic mass is 10.1. The first-order chi connectivity index (χ1) is 12.1. The summed E-state index contributed by atoms with van der Waals surface area (Å²) in [6.07, 6.45) is 0. The van der Waals surface area contributed by atoms with Gasteiger partial charge in [0.2, 0.25) is 5.12 Å². The van der Waals surface area contributed by atoms with Crippen LogP contribution in [0.15, 0.2) is 36.4 Å². The molecule has 25 heavy (non-hydrogen) atoms. The van der Waals surface area contributed by atoms with Gasteiger partial charge in [-0.15, -0.1) is 0 Å². The highest BCUT2D eigenvalue weighted by molar-refractivity contribution is 8.12. The van der Waals surface area contributed by atoms with E-state index in [4.69, 9.17) is 22.7 Å². The molecule has 7 heteroatoms. The first-order valence-corrected chi connectivity index (χ1v) is 9.21. The minimum atomic E-state index is 0.0389. The van der Waals surface area contributed by atoms with Crippen LogP contribution in [0.3, 0.4) is 0 Å². The van der Waals surface area contributed by atoms with E-state index in [1.165, 1.54) is 11.9 Å². The molecule has 4 rings (SSSR count). The molecule has 1 fully saturated rings. The minimum Gasteiger partial charge on any atom is -0.389 e. The predicted molar refractivity (Wildman–Crippen MR) is 106 cm³/mol. The molecule has 2 aromatic carbocycles. The number of ether oxygens (including phenoxy) is 1. The van der Waals surface area contributed by atoms with Crippen molar-refractivity contribution in [1.82, 2.24) is 9.29 Å². The maximum Gasteiger partial charge on any atom is 0.234 e. The second-order valence-electron chi connectivity index (χ2n) is 5.90. The first-order valence-electron chi connectivity index (χ1n) is 8.03. The molecule has 5 nitrogen and oxygen atoms in total. The van der Waals surface area contributed by atoms with Crippen LogP contribution >= 0.6 is 24.2 Å². The van der Waals surface area contributed by atoms with Crippen molar-refractivity contribution in [2.45, 2.75) is 0 Å². The highest BCUT2D eigenvalue weighted by Gasteiger charge is 2.18. The summed E-state index contributed by atoms with van der Waals surface area (Å²) in [6.45, 7) is 2.87. The number of aromatic amines is 1. The fraction of sp³-hybridized carbons (Fsp3) is 0.222. The quantitative estimate of drug-likeness (QED) is 0.545. The van der Waals surface area contributed by atoms with Crippen molar-refractivity contribution < 1.29 is 9.53 Å². The fourth-order valence-corrected chi connectivity index (χ4v) is 4.04. The third-order valence-electron chi connectivity index (χ3n) is 4.32. The van der Waals surface area contributed by atoms with Crippen molar-refractivity contribution >= 4 is 56.1 Å². The molecule has 0 radical (unpaired) electrons. The van der Waals surface area contributed by atoms with Gasteiger partial charge in [-0.05, 0) is 18.2 Å². The van der Waals surface area contributed by atoms with Gasteiger partial charge in [0, 0.05) is 52.5 Å². The normalized spacial score (nSPS) is 15.7. The predicted octanol–water partition coefficient (Wildman–Crippen LogP) is 3.08. The molecular formula is C18H17N3O2S2. The number of nitrogens with two attached hydrogens (primary N) is 1. The van der Waals surface area contributed by atoms with E-state index in [9.17, 15) is 4.79 Å². The molecule has 2 heterocycles. The largest absolute Gasteiger partial charge is 0.389 e. The Hall–Kier alpha value is -1.93. The molecule has 0 saturated carbocycles.